The third-order valence-corrected chi connectivity index (χ3v) is 4.96. The van der Waals surface area contributed by atoms with E-state index < -0.39 is 5.97 Å². The Bertz CT molecular complexity index is 876. The maximum absolute atomic E-state index is 12.6. The van der Waals surface area contributed by atoms with Gasteiger partial charge >= 0.3 is 5.97 Å². The van der Waals surface area contributed by atoms with E-state index in [2.05, 4.69) is 15.0 Å². The van der Waals surface area contributed by atoms with Crippen LogP contribution in [0.4, 0.5) is 0 Å². The first-order valence-corrected chi connectivity index (χ1v) is 9.53. The summed E-state index contributed by atoms with van der Waals surface area (Å²) in [4.78, 5) is 38.8. The highest BCUT2D eigenvalue weighted by molar-refractivity contribution is 5.88. The summed E-state index contributed by atoms with van der Waals surface area (Å²) in [5.74, 6) is -0.551. The van der Waals surface area contributed by atoms with Crippen molar-refractivity contribution < 1.29 is 14.7 Å². The van der Waals surface area contributed by atoms with E-state index in [0.29, 0.717) is 30.1 Å². The summed E-state index contributed by atoms with van der Waals surface area (Å²) in [6.45, 7) is 7.34. The zero-order chi connectivity index (χ0) is 20.3. The Balaban J connectivity index is 1.81. The van der Waals surface area contributed by atoms with Crippen molar-refractivity contribution in [3.63, 3.8) is 0 Å². The first-order chi connectivity index (χ1) is 13.3. The summed E-state index contributed by atoms with van der Waals surface area (Å²) in [5.41, 5.74) is 1.83. The van der Waals surface area contributed by atoms with Crippen molar-refractivity contribution in [2.75, 3.05) is 13.1 Å². The third kappa shape index (κ3) is 4.52. The van der Waals surface area contributed by atoms with Gasteiger partial charge in [-0.15, -0.1) is 0 Å². The highest BCUT2D eigenvalue weighted by Crippen LogP contribution is 2.28. The normalized spacial score (nSPS) is 17.4. The van der Waals surface area contributed by atoms with Gasteiger partial charge in [-0.25, -0.2) is 4.79 Å². The van der Waals surface area contributed by atoms with Crippen molar-refractivity contribution in [2.45, 2.75) is 40.0 Å². The van der Waals surface area contributed by atoms with Crippen LogP contribution in [0.1, 0.15) is 49.7 Å². The fraction of sp³-hybridized carbons (Fsp3) is 0.476. The van der Waals surface area contributed by atoms with Crippen LogP contribution in [0, 0.1) is 11.3 Å². The number of hydrogen-bond donors (Lipinski definition) is 1. The van der Waals surface area contributed by atoms with E-state index in [1.807, 2.05) is 25.7 Å². The van der Waals surface area contributed by atoms with Crippen LogP contribution in [0.15, 0.2) is 30.9 Å². The van der Waals surface area contributed by atoms with E-state index >= 15 is 0 Å². The molecule has 1 unspecified atom stereocenters. The minimum absolute atomic E-state index is 0.119. The number of aromatic carboxylic acids is 1. The van der Waals surface area contributed by atoms with Gasteiger partial charge in [-0.1, -0.05) is 20.8 Å². The molecule has 0 saturated carbocycles. The lowest BCUT2D eigenvalue weighted by Crippen LogP contribution is -2.45. The molecular formula is C21H26N4O3. The van der Waals surface area contributed by atoms with E-state index in [1.54, 1.807) is 24.7 Å². The quantitative estimate of drug-likeness (QED) is 0.873. The standard InChI is InChI=1S/C21H26N4O3/c1-21(2,3)20(28)25-8-4-5-14(13-25)9-17-18(24-7-6-23-17)15-10-16(19(26)27)12-22-11-15/h6-7,10-12,14H,4-5,8-9,13H2,1-3H3,(H,26,27). The Morgan fingerprint density at radius 3 is 2.68 bits per heavy atom. The lowest BCUT2D eigenvalue weighted by molar-refractivity contribution is -0.141. The Kier molecular flexibility index (Phi) is 5.72. The summed E-state index contributed by atoms with van der Waals surface area (Å²) < 4.78 is 0. The number of amides is 1. The van der Waals surface area contributed by atoms with Gasteiger partial charge < -0.3 is 10.0 Å². The SMILES string of the molecule is CC(C)(C)C(=O)N1CCCC(Cc2nccnc2-c2cncc(C(=O)O)c2)C1. The predicted molar refractivity (Wildman–Crippen MR) is 105 cm³/mol. The molecular weight excluding hydrogens is 356 g/mol. The van der Waals surface area contributed by atoms with Crippen LogP contribution in [-0.4, -0.2) is 49.9 Å². The molecule has 0 radical (unpaired) electrons. The second-order valence-electron chi connectivity index (χ2n) is 8.33. The van der Waals surface area contributed by atoms with Crippen LogP contribution < -0.4 is 0 Å². The van der Waals surface area contributed by atoms with Crippen molar-refractivity contribution in [1.29, 1.82) is 0 Å². The molecule has 2 aromatic rings. The van der Waals surface area contributed by atoms with Crippen LogP contribution in [0.25, 0.3) is 11.3 Å². The van der Waals surface area contributed by atoms with Crippen molar-refractivity contribution in [3.8, 4) is 11.3 Å². The van der Waals surface area contributed by atoms with Gasteiger partial charge in [-0.3, -0.25) is 19.7 Å². The zero-order valence-corrected chi connectivity index (χ0v) is 16.6. The molecule has 0 aromatic carbocycles. The minimum atomic E-state index is -1.02. The van der Waals surface area contributed by atoms with Gasteiger partial charge in [-0.2, -0.15) is 0 Å². The number of pyridine rings is 1. The van der Waals surface area contributed by atoms with Crippen LogP contribution in [0.3, 0.4) is 0 Å². The van der Waals surface area contributed by atoms with Gasteiger partial charge in [0.15, 0.2) is 0 Å². The number of carboxylic acid groups (broad SMARTS) is 1. The summed E-state index contributed by atoms with van der Waals surface area (Å²) in [7, 11) is 0. The van der Waals surface area contributed by atoms with E-state index in [9.17, 15) is 14.7 Å². The second-order valence-corrected chi connectivity index (χ2v) is 8.33. The molecule has 1 N–H and O–H groups in total. The molecule has 0 aliphatic carbocycles. The molecule has 2 aromatic heterocycles. The summed E-state index contributed by atoms with van der Waals surface area (Å²) in [5, 5.41) is 9.22. The van der Waals surface area contributed by atoms with Gasteiger partial charge in [0.2, 0.25) is 5.91 Å². The molecule has 0 spiro atoms. The molecule has 7 heteroatoms. The molecule has 1 amide bonds. The number of carbonyl (C=O) groups is 2. The zero-order valence-electron chi connectivity index (χ0n) is 16.6. The Morgan fingerprint density at radius 2 is 1.96 bits per heavy atom. The second kappa shape index (κ2) is 8.04. The van der Waals surface area contributed by atoms with Gasteiger partial charge in [0.05, 0.1) is 17.0 Å². The molecule has 7 nitrogen and oxygen atoms in total. The largest absolute Gasteiger partial charge is 0.478 e. The summed E-state index contributed by atoms with van der Waals surface area (Å²) in [6, 6.07) is 1.57. The smallest absolute Gasteiger partial charge is 0.337 e. The van der Waals surface area contributed by atoms with Gasteiger partial charge in [-0.05, 0) is 31.2 Å². The van der Waals surface area contributed by atoms with E-state index in [4.69, 9.17) is 0 Å². The lowest BCUT2D eigenvalue weighted by atomic mass is 9.88. The van der Waals surface area contributed by atoms with Gasteiger partial charge in [0.1, 0.15) is 0 Å². The Hall–Kier alpha value is -2.83. The molecule has 1 aliphatic heterocycles. The molecule has 1 aliphatic rings. The van der Waals surface area contributed by atoms with Gasteiger partial charge in [0.25, 0.3) is 0 Å². The molecule has 3 rings (SSSR count). The van der Waals surface area contributed by atoms with Crippen LogP contribution in [0.5, 0.6) is 0 Å². The van der Waals surface area contributed by atoms with Crippen molar-refractivity contribution in [1.82, 2.24) is 19.9 Å². The van der Waals surface area contributed by atoms with Crippen molar-refractivity contribution >= 4 is 11.9 Å². The first kappa shape index (κ1) is 19.9. The number of nitrogens with zero attached hydrogens (tertiary/aromatic N) is 4. The average Bonchev–Trinajstić information content (AvgIpc) is 2.67. The van der Waals surface area contributed by atoms with E-state index in [-0.39, 0.29) is 16.9 Å². The number of carboxylic acids is 1. The van der Waals surface area contributed by atoms with E-state index in [0.717, 1.165) is 25.1 Å². The monoisotopic (exact) mass is 382 g/mol. The molecule has 3 heterocycles. The Labute approximate surface area is 164 Å². The lowest BCUT2D eigenvalue weighted by Gasteiger charge is -2.36. The summed E-state index contributed by atoms with van der Waals surface area (Å²) in [6.07, 6.45) is 8.86. The Morgan fingerprint density at radius 1 is 1.21 bits per heavy atom. The van der Waals surface area contributed by atoms with Crippen LogP contribution in [0.2, 0.25) is 0 Å². The topological polar surface area (TPSA) is 96.3 Å². The van der Waals surface area contributed by atoms with E-state index in [1.165, 1.54) is 6.20 Å². The number of likely N-dealkylation sites (tertiary alicyclic amines) is 1. The highest BCUT2D eigenvalue weighted by Gasteiger charge is 2.31. The molecule has 148 valence electrons. The molecule has 28 heavy (non-hydrogen) atoms. The third-order valence-electron chi connectivity index (χ3n) is 4.96. The average molecular weight is 382 g/mol. The predicted octanol–water partition coefficient (Wildman–Crippen LogP) is 3.06. The number of carbonyl (C=O) groups excluding carboxylic acids is 1. The summed E-state index contributed by atoms with van der Waals surface area (Å²) >= 11 is 0. The molecule has 0 bridgehead atoms. The number of rotatable bonds is 4. The first-order valence-electron chi connectivity index (χ1n) is 9.53. The molecule has 1 fully saturated rings. The maximum Gasteiger partial charge on any atom is 0.337 e. The minimum Gasteiger partial charge on any atom is -0.478 e. The number of hydrogen-bond acceptors (Lipinski definition) is 5. The van der Waals surface area contributed by atoms with Crippen molar-refractivity contribution in [3.05, 3.63) is 42.1 Å². The fourth-order valence-electron chi connectivity index (χ4n) is 3.61. The fourth-order valence-corrected chi connectivity index (χ4v) is 3.61. The molecule has 1 saturated heterocycles. The number of piperidine rings is 1. The van der Waals surface area contributed by atoms with Gasteiger partial charge in [0, 0.05) is 48.9 Å². The highest BCUT2D eigenvalue weighted by atomic mass is 16.4. The maximum atomic E-state index is 12.6. The number of aromatic nitrogens is 3. The van der Waals surface area contributed by atoms with Crippen molar-refractivity contribution in [2.24, 2.45) is 11.3 Å². The van der Waals surface area contributed by atoms with Crippen LogP contribution >= 0.6 is 0 Å². The van der Waals surface area contributed by atoms with Crippen LogP contribution in [-0.2, 0) is 11.2 Å². The molecule has 1 atom stereocenters.